The molecule has 8 heteroatoms. The van der Waals surface area contributed by atoms with E-state index in [9.17, 15) is 27.2 Å². The van der Waals surface area contributed by atoms with Gasteiger partial charge in [-0.2, -0.15) is 0 Å². The van der Waals surface area contributed by atoms with Crippen molar-refractivity contribution in [2.75, 3.05) is 10.6 Å². The van der Waals surface area contributed by atoms with Crippen LogP contribution in [0.5, 0.6) is 0 Å². The molecule has 0 bridgehead atoms. The molecule has 0 saturated heterocycles. The normalized spacial score (nSPS) is 10.4. The maximum atomic E-state index is 13.7. The van der Waals surface area contributed by atoms with Crippen molar-refractivity contribution in [3.05, 3.63) is 95.1 Å². The molecule has 0 aliphatic heterocycles. The zero-order valence-electron chi connectivity index (χ0n) is 14.1. The summed E-state index contributed by atoms with van der Waals surface area (Å²) in [6.07, 6.45) is 0. The zero-order chi connectivity index (χ0) is 20.3. The average molecular weight is 388 g/mol. The molecule has 0 aliphatic rings. The van der Waals surface area contributed by atoms with Crippen molar-refractivity contribution in [3.8, 4) is 0 Å². The molecule has 0 atom stereocenters. The Balaban J connectivity index is 1.77. The fourth-order valence-corrected chi connectivity index (χ4v) is 2.37. The molecular formula is C20H12F4N2O2. The van der Waals surface area contributed by atoms with Crippen LogP contribution in [-0.2, 0) is 0 Å². The van der Waals surface area contributed by atoms with Crippen molar-refractivity contribution in [2.24, 2.45) is 0 Å². The van der Waals surface area contributed by atoms with Gasteiger partial charge in [0.25, 0.3) is 11.8 Å². The Morgan fingerprint density at radius 3 is 1.43 bits per heavy atom. The highest BCUT2D eigenvalue weighted by atomic mass is 19.1. The van der Waals surface area contributed by atoms with Gasteiger partial charge in [0.1, 0.15) is 23.3 Å². The van der Waals surface area contributed by atoms with Gasteiger partial charge in [0, 0.05) is 23.3 Å². The Morgan fingerprint density at radius 2 is 1.04 bits per heavy atom. The third-order valence-corrected chi connectivity index (χ3v) is 3.75. The number of carbonyl (C=O) groups is 2. The molecule has 3 aromatic carbocycles. The molecule has 2 N–H and O–H groups in total. The monoisotopic (exact) mass is 388 g/mol. The van der Waals surface area contributed by atoms with Crippen LogP contribution >= 0.6 is 0 Å². The fourth-order valence-electron chi connectivity index (χ4n) is 2.37. The molecule has 0 spiro atoms. The molecule has 0 unspecified atom stereocenters. The number of nitrogens with one attached hydrogen (secondary N) is 2. The number of carbonyl (C=O) groups excluding carboxylic acids is 2. The Kier molecular flexibility index (Phi) is 5.39. The van der Waals surface area contributed by atoms with Crippen LogP contribution in [0.3, 0.4) is 0 Å². The van der Waals surface area contributed by atoms with Gasteiger partial charge in [-0.05, 0) is 42.5 Å². The number of hydrogen-bond donors (Lipinski definition) is 2. The van der Waals surface area contributed by atoms with Crippen LogP contribution in [-0.4, -0.2) is 11.8 Å². The Labute approximate surface area is 156 Å². The summed E-state index contributed by atoms with van der Waals surface area (Å²) >= 11 is 0. The summed E-state index contributed by atoms with van der Waals surface area (Å²) in [4.78, 5) is 24.5. The second kappa shape index (κ2) is 7.91. The standard InChI is InChI=1S/C20H12F4N2O2/c21-13-4-6-17(15(23)9-13)25-19(27)11-2-1-3-12(8-11)20(28)26-18-7-5-14(22)10-16(18)24/h1-10H,(H,25,27)(H,26,28). The van der Waals surface area contributed by atoms with Crippen molar-refractivity contribution >= 4 is 23.2 Å². The minimum Gasteiger partial charge on any atom is -0.319 e. The van der Waals surface area contributed by atoms with E-state index in [0.29, 0.717) is 12.1 Å². The first-order valence-corrected chi connectivity index (χ1v) is 7.96. The van der Waals surface area contributed by atoms with E-state index in [1.165, 1.54) is 24.3 Å². The maximum Gasteiger partial charge on any atom is 0.255 e. The van der Waals surface area contributed by atoms with Crippen LogP contribution in [0.15, 0.2) is 60.7 Å². The molecular weight excluding hydrogens is 376 g/mol. The van der Waals surface area contributed by atoms with E-state index < -0.39 is 35.1 Å². The maximum absolute atomic E-state index is 13.7. The Morgan fingerprint density at radius 1 is 0.607 bits per heavy atom. The van der Waals surface area contributed by atoms with Crippen LogP contribution in [0.25, 0.3) is 0 Å². The van der Waals surface area contributed by atoms with Crippen molar-refractivity contribution in [1.29, 1.82) is 0 Å². The topological polar surface area (TPSA) is 58.2 Å². The van der Waals surface area contributed by atoms with E-state index in [-0.39, 0.29) is 22.5 Å². The van der Waals surface area contributed by atoms with E-state index in [1.54, 1.807) is 0 Å². The second-order valence-corrected chi connectivity index (χ2v) is 5.74. The van der Waals surface area contributed by atoms with E-state index in [2.05, 4.69) is 10.6 Å². The van der Waals surface area contributed by atoms with Crippen molar-refractivity contribution < 1.29 is 27.2 Å². The van der Waals surface area contributed by atoms with Gasteiger partial charge in [-0.1, -0.05) is 6.07 Å². The van der Waals surface area contributed by atoms with Crippen molar-refractivity contribution in [3.63, 3.8) is 0 Å². The van der Waals surface area contributed by atoms with Gasteiger partial charge < -0.3 is 10.6 Å². The predicted molar refractivity (Wildman–Crippen MR) is 95.1 cm³/mol. The largest absolute Gasteiger partial charge is 0.319 e. The predicted octanol–water partition coefficient (Wildman–Crippen LogP) is 4.75. The molecule has 0 saturated carbocycles. The molecule has 28 heavy (non-hydrogen) atoms. The molecule has 0 fully saturated rings. The highest BCUT2D eigenvalue weighted by Gasteiger charge is 2.14. The highest BCUT2D eigenvalue weighted by Crippen LogP contribution is 2.18. The average Bonchev–Trinajstić information content (AvgIpc) is 2.66. The number of benzene rings is 3. The number of anilines is 2. The van der Waals surface area contributed by atoms with Crippen molar-refractivity contribution in [2.45, 2.75) is 0 Å². The van der Waals surface area contributed by atoms with Crippen molar-refractivity contribution in [1.82, 2.24) is 0 Å². The van der Waals surface area contributed by atoms with Crippen LogP contribution in [0, 0.1) is 23.3 Å². The summed E-state index contributed by atoms with van der Waals surface area (Å²) in [6.45, 7) is 0. The Bertz CT molecular complexity index is 989. The van der Waals surface area contributed by atoms with E-state index in [1.807, 2.05) is 0 Å². The van der Waals surface area contributed by atoms with Gasteiger partial charge in [-0.15, -0.1) is 0 Å². The lowest BCUT2D eigenvalue weighted by Crippen LogP contribution is -2.16. The molecule has 4 nitrogen and oxygen atoms in total. The molecule has 0 radical (unpaired) electrons. The molecule has 3 aromatic rings. The second-order valence-electron chi connectivity index (χ2n) is 5.74. The number of hydrogen-bond acceptors (Lipinski definition) is 2. The molecule has 2 amide bonds. The van der Waals surface area contributed by atoms with Crippen LogP contribution in [0.1, 0.15) is 20.7 Å². The molecule has 0 aromatic heterocycles. The lowest BCUT2D eigenvalue weighted by Gasteiger charge is -2.09. The molecule has 142 valence electrons. The molecule has 3 rings (SSSR count). The molecule has 0 heterocycles. The third kappa shape index (κ3) is 4.35. The summed E-state index contributed by atoms with van der Waals surface area (Å²) < 4.78 is 53.2. The lowest BCUT2D eigenvalue weighted by molar-refractivity contribution is 0.102. The van der Waals surface area contributed by atoms with Crippen LogP contribution in [0.4, 0.5) is 28.9 Å². The first kappa shape index (κ1) is 19.1. The van der Waals surface area contributed by atoms with Gasteiger partial charge in [-0.25, -0.2) is 17.6 Å². The van der Waals surface area contributed by atoms with E-state index in [0.717, 1.165) is 24.3 Å². The third-order valence-electron chi connectivity index (χ3n) is 3.75. The summed E-state index contributed by atoms with van der Waals surface area (Å²) in [6, 6.07) is 10.7. The lowest BCUT2D eigenvalue weighted by atomic mass is 10.1. The highest BCUT2D eigenvalue weighted by molar-refractivity contribution is 6.08. The first-order valence-electron chi connectivity index (χ1n) is 7.96. The number of halogens is 4. The van der Waals surface area contributed by atoms with Gasteiger partial charge >= 0.3 is 0 Å². The number of amides is 2. The van der Waals surface area contributed by atoms with Gasteiger partial charge in [0.05, 0.1) is 11.4 Å². The van der Waals surface area contributed by atoms with Gasteiger partial charge in [-0.3, -0.25) is 9.59 Å². The quantitative estimate of drug-likeness (QED) is 0.634. The SMILES string of the molecule is O=C(Nc1ccc(F)cc1F)c1cccc(C(=O)Nc2ccc(F)cc2F)c1. The van der Waals surface area contributed by atoms with E-state index >= 15 is 0 Å². The first-order chi connectivity index (χ1) is 13.3. The summed E-state index contributed by atoms with van der Waals surface area (Å²) in [5, 5.41) is 4.54. The minimum atomic E-state index is -0.950. The van der Waals surface area contributed by atoms with Gasteiger partial charge in [0.2, 0.25) is 0 Å². The van der Waals surface area contributed by atoms with Gasteiger partial charge in [0.15, 0.2) is 0 Å². The summed E-state index contributed by atoms with van der Waals surface area (Å²) in [7, 11) is 0. The summed E-state index contributed by atoms with van der Waals surface area (Å²) in [5.41, 5.74) is -0.406. The van der Waals surface area contributed by atoms with E-state index in [4.69, 9.17) is 0 Å². The fraction of sp³-hybridized carbons (Fsp3) is 0. The van der Waals surface area contributed by atoms with Crippen LogP contribution < -0.4 is 10.6 Å². The Hall–Kier alpha value is -3.68. The number of rotatable bonds is 4. The summed E-state index contributed by atoms with van der Waals surface area (Å²) in [5.74, 6) is -4.94. The van der Waals surface area contributed by atoms with Crippen LogP contribution in [0.2, 0.25) is 0 Å². The molecule has 0 aliphatic carbocycles. The minimum absolute atomic E-state index is 0.0240. The zero-order valence-corrected chi connectivity index (χ0v) is 14.1. The smallest absolute Gasteiger partial charge is 0.255 e.